The van der Waals surface area contributed by atoms with E-state index in [1.54, 1.807) is 18.2 Å². The Hall–Kier alpha value is -0.420. The Morgan fingerprint density at radius 1 is 1.12 bits per heavy atom. The number of aromatic nitrogens is 1. The number of halogens is 3. The summed E-state index contributed by atoms with van der Waals surface area (Å²) in [4.78, 5) is 0.485. The van der Waals surface area contributed by atoms with Gasteiger partial charge in [0.1, 0.15) is 0 Å². The van der Waals surface area contributed by atoms with Gasteiger partial charge in [-0.2, -0.15) is 0 Å². The molecule has 86 valence electrons. The zero-order valence-electron chi connectivity index (χ0n) is 7.65. The average Bonchev–Trinajstić information content (AvgIpc) is 2.39. The van der Waals surface area contributed by atoms with Crippen molar-refractivity contribution in [2.45, 2.75) is 8.81 Å². The van der Waals surface area contributed by atoms with Crippen molar-refractivity contribution < 1.29 is 10.2 Å². The van der Waals surface area contributed by atoms with Gasteiger partial charge in [0.05, 0.1) is 5.39 Å². The van der Waals surface area contributed by atoms with Crippen LogP contribution < -0.4 is 0 Å². The molecule has 7 heteroatoms. The van der Waals surface area contributed by atoms with Crippen molar-refractivity contribution in [2.75, 3.05) is 0 Å². The van der Waals surface area contributed by atoms with Crippen LogP contribution in [-0.2, 0) is 3.92 Å². The Bertz CT molecular complexity index is 562. The first-order valence-electron chi connectivity index (χ1n) is 4.15. The molecule has 1 heterocycles. The smallest absolute Gasteiger partial charge is 0.277 e. The molecule has 3 nitrogen and oxygen atoms in total. The van der Waals surface area contributed by atoms with Crippen molar-refractivity contribution in [3.63, 3.8) is 0 Å². The molecule has 0 unspecified atom stereocenters. The Kier molecular flexibility index (Phi) is 2.87. The number of alkyl halides is 3. The molecule has 2 N–H and O–H groups in total. The van der Waals surface area contributed by atoms with Crippen LogP contribution in [0, 0.1) is 0 Å². The molecule has 16 heavy (non-hydrogen) atoms. The molecular weight excluding hydrogens is 293 g/mol. The number of benzene rings is 1. The van der Waals surface area contributed by atoms with Gasteiger partial charge in [-0.15, -0.1) is 12.6 Å². The molecule has 0 bridgehead atoms. The van der Waals surface area contributed by atoms with Crippen LogP contribution in [0.3, 0.4) is 0 Å². The van der Waals surface area contributed by atoms with Crippen molar-refractivity contribution >= 4 is 58.2 Å². The van der Waals surface area contributed by atoms with E-state index in [1.165, 1.54) is 0 Å². The summed E-state index contributed by atoms with van der Waals surface area (Å²) in [7, 11) is 0. The van der Waals surface area contributed by atoms with Gasteiger partial charge in [-0.25, -0.2) is 4.57 Å². The quantitative estimate of drug-likeness (QED) is 0.514. The van der Waals surface area contributed by atoms with Gasteiger partial charge in [-0.1, -0.05) is 40.9 Å². The predicted octanol–water partition coefficient (Wildman–Crippen LogP) is 3.63. The summed E-state index contributed by atoms with van der Waals surface area (Å²) >= 11 is 21.1. The van der Waals surface area contributed by atoms with Gasteiger partial charge in [0, 0.05) is 10.3 Å². The number of thiol groups is 1. The molecule has 0 aliphatic heterocycles. The van der Waals surface area contributed by atoms with E-state index in [0.717, 1.165) is 4.57 Å². The molecule has 0 saturated carbocycles. The third-order valence-corrected chi connectivity index (χ3v) is 3.06. The SMILES string of the molecule is Oc1c2cccc(S)c2c(O)n1C(Cl)(Cl)Cl. The minimum absolute atomic E-state index is 0.316. The largest absolute Gasteiger partial charge is 0.494 e. The van der Waals surface area contributed by atoms with Crippen molar-refractivity contribution in [3.8, 4) is 11.8 Å². The summed E-state index contributed by atoms with van der Waals surface area (Å²) in [5.74, 6) is -0.651. The van der Waals surface area contributed by atoms with Gasteiger partial charge < -0.3 is 10.2 Å². The molecule has 0 radical (unpaired) electrons. The maximum atomic E-state index is 9.89. The van der Waals surface area contributed by atoms with Crippen LogP contribution in [-0.4, -0.2) is 14.8 Å². The van der Waals surface area contributed by atoms with E-state index in [2.05, 4.69) is 12.6 Å². The highest BCUT2D eigenvalue weighted by molar-refractivity contribution is 7.80. The van der Waals surface area contributed by atoms with Crippen LogP contribution in [0.15, 0.2) is 23.1 Å². The number of hydrogen-bond donors (Lipinski definition) is 3. The normalized spacial score (nSPS) is 12.2. The van der Waals surface area contributed by atoms with Gasteiger partial charge in [-0.05, 0) is 12.1 Å². The lowest BCUT2D eigenvalue weighted by molar-refractivity contribution is 0.378. The minimum Gasteiger partial charge on any atom is -0.494 e. The molecule has 0 aliphatic rings. The van der Waals surface area contributed by atoms with Gasteiger partial charge in [0.15, 0.2) is 0 Å². The summed E-state index contributed by atoms with van der Waals surface area (Å²) in [6.07, 6.45) is 0. The summed E-state index contributed by atoms with van der Waals surface area (Å²) in [5.41, 5.74) is 0. The maximum absolute atomic E-state index is 9.89. The zero-order chi connectivity index (χ0) is 12.1. The fourth-order valence-corrected chi connectivity index (χ4v) is 2.32. The van der Waals surface area contributed by atoms with E-state index in [4.69, 9.17) is 34.8 Å². The Labute approximate surface area is 112 Å². The van der Waals surface area contributed by atoms with E-state index in [9.17, 15) is 10.2 Å². The van der Waals surface area contributed by atoms with E-state index in [0.29, 0.717) is 15.7 Å². The van der Waals surface area contributed by atoms with E-state index in [-0.39, 0.29) is 11.8 Å². The fraction of sp³-hybridized carbons (Fsp3) is 0.111. The molecule has 1 aromatic heterocycles. The number of aromatic hydroxyl groups is 2. The lowest BCUT2D eigenvalue weighted by Gasteiger charge is -2.14. The molecule has 2 rings (SSSR count). The first kappa shape index (κ1) is 12.0. The first-order valence-corrected chi connectivity index (χ1v) is 5.73. The molecule has 1 aromatic carbocycles. The minimum atomic E-state index is -1.96. The van der Waals surface area contributed by atoms with Crippen LogP contribution in [0.5, 0.6) is 11.8 Å². The van der Waals surface area contributed by atoms with Crippen molar-refractivity contribution in [2.24, 2.45) is 0 Å². The molecular formula is C9H6Cl3NO2S. The van der Waals surface area contributed by atoms with Crippen molar-refractivity contribution in [1.29, 1.82) is 0 Å². The first-order chi connectivity index (χ1) is 7.34. The summed E-state index contributed by atoms with van der Waals surface area (Å²) in [6.45, 7) is 0. The van der Waals surface area contributed by atoms with E-state index >= 15 is 0 Å². The molecule has 0 aliphatic carbocycles. The predicted molar refractivity (Wildman–Crippen MR) is 68.1 cm³/mol. The zero-order valence-corrected chi connectivity index (χ0v) is 10.8. The van der Waals surface area contributed by atoms with Crippen molar-refractivity contribution in [3.05, 3.63) is 18.2 Å². The van der Waals surface area contributed by atoms with Crippen LogP contribution in [0.25, 0.3) is 10.8 Å². The molecule has 0 amide bonds. The number of rotatable bonds is 0. The topological polar surface area (TPSA) is 45.4 Å². The fourth-order valence-electron chi connectivity index (χ4n) is 1.53. The Morgan fingerprint density at radius 2 is 1.75 bits per heavy atom. The molecule has 0 saturated heterocycles. The van der Waals surface area contributed by atoms with Crippen molar-refractivity contribution in [1.82, 2.24) is 4.57 Å². The Morgan fingerprint density at radius 3 is 2.25 bits per heavy atom. The van der Waals surface area contributed by atoms with Gasteiger partial charge in [0.25, 0.3) is 3.92 Å². The van der Waals surface area contributed by atoms with Gasteiger partial charge in [-0.3, -0.25) is 0 Å². The van der Waals surface area contributed by atoms with Crippen LogP contribution >= 0.6 is 47.4 Å². The molecule has 0 atom stereocenters. The molecule has 0 fully saturated rings. The van der Waals surface area contributed by atoms with Crippen LogP contribution in [0.4, 0.5) is 0 Å². The maximum Gasteiger partial charge on any atom is 0.277 e. The van der Waals surface area contributed by atoms with E-state index in [1.807, 2.05) is 0 Å². The standard InChI is InChI=1S/C9H6Cl3NO2S/c10-9(11,12)13-7(14)4-2-1-3-5(16)6(4)8(13)15/h1-3,14-16H. The summed E-state index contributed by atoms with van der Waals surface area (Å²) in [5, 5.41) is 20.4. The highest BCUT2D eigenvalue weighted by atomic mass is 35.6. The lowest BCUT2D eigenvalue weighted by atomic mass is 10.2. The van der Waals surface area contributed by atoms with Crippen LogP contribution in [0.2, 0.25) is 0 Å². The Balaban J connectivity index is 2.94. The highest BCUT2D eigenvalue weighted by Gasteiger charge is 2.31. The lowest BCUT2D eigenvalue weighted by Crippen LogP contribution is -2.10. The third-order valence-electron chi connectivity index (χ3n) is 2.18. The summed E-state index contributed by atoms with van der Waals surface area (Å²) < 4.78 is -1.16. The molecule has 0 spiro atoms. The molecule has 2 aromatic rings. The number of hydrogen-bond acceptors (Lipinski definition) is 3. The summed E-state index contributed by atoms with van der Waals surface area (Å²) in [6, 6.07) is 4.93. The van der Waals surface area contributed by atoms with Gasteiger partial charge in [0.2, 0.25) is 11.8 Å². The monoisotopic (exact) mass is 297 g/mol. The highest BCUT2D eigenvalue weighted by Crippen LogP contribution is 2.47. The second-order valence-electron chi connectivity index (χ2n) is 3.15. The van der Waals surface area contributed by atoms with E-state index < -0.39 is 3.92 Å². The number of fused-ring (bicyclic) bond motifs is 1. The van der Waals surface area contributed by atoms with Crippen LogP contribution in [0.1, 0.15) is 0 Å². The number of nitrogens with zero attached hydrogens (tertiary/aromatic N) is 1. The second kappa shape index (κ2) is 3.81. The average molecular weight is 299 g/mol. The second-order valence-corrected chi connectivity index (χ2v) is 5.85. The third kappa shape index (κ3) is 1.70. The van der Waals surface area contributed by atoms with Gasteiger partial charge >= 0.3 is 0 Å².